The number of aromatic amines is 1. The monoisotopic (exact) mass is 293 g/mol. The molecule has 0 aliphatic carbocycles. The van der Waals surface area contributed by atoms with E-state index in [0.29, 0.717) is 11.1 Å². The third kappa shape index (κ3) is 2.33. The molecule has 1 N–H and O–H groups in total. The molecule has 2 heterocycles. The second-order valence-electron chi connectivity index (χ2n) is 4.29. The molecule has 0 bridgehead atoms. The van der Waals surface area contributed by atoms with Crippen LogP contribution in [0.25, 0.3) is 11.1 Å². The van der Waals surface area contributed by atoms with E-state index in [1.807, 2.05) is 18.2 Å². The zero-order chi connectivity index (χ0) is 13.4. The van der Waals surface area contributed by atoms with Crippen molar-refractivity contribution in [2.24, 2.45) is 0 Å². The maximum atomic E-state index is 11.1. The molecule has 19 heavy (non-hydrogen) atoms. The molecule has 0 radical (unpaired) electrons. The molecule has 1 aromatic carbocycles. The van der Waals surface area contributed by atoms with Gasteiger partial charge < -0.3 is 4.42 Å². The minimum atomic E-state index is -0.442. The molecule has 1 unspecified atom stereocenters. The topological polar surface area (TPSA) is 46.0 Å². The van der Waals surface area contributed by atoms with E-state index in [-0.39, 0.29) is 5.38 Å². The highest BCUT2D eigenvalue weighted by Gasteiger charge is 2.14. The fourth-order valence-electron chi connectivity index (χ4n) is 2.00. The van der Waals surface area contributed by atoms with E-state index in [0.717, 1.165) is 16.9 Å². The summed E-state index contributed by atoms with van der Waals surface area (Å²) < 4.78 is 5.05. The minimum absolute atomic E-state index is 0.213. The second kappa shape index (κ2) is 4.87. The predicted molar refractivity (Wildman–Crippen MR) is 78.2 cm³/mol. The Labute approximate surface area is 118 Å². The predicted octanol–water partition coefficient (Wildman–Crippen LogP) is 4.07. The number of H-pyrrole nitrogens is 1. The number of aryl methyl sites for hydroxylation is 1. The van der Waals surface area contributed by atoms with Crippen molar-refractivity contribution in [1.82, 2.24) is 4.98 Å². The molecule has 0 amide bonds. The third-order valence-corrected chi connectivity index (χ3v) is 4.93. The first-order valence-electron chi connectivity index (χ1n) is 6.03. The Kier molecular flexibility index (Phi) is 3.21. The molecule has 0 saturated heterocycles. The summed E-state index contributed by atoms with van der Waals surface area (Å²) in [5.41, 5.74) is 2.17. The van der Waals surface area contributed by atoms with Gasteiger partial charge in [-0.1, -0.05) is 13.0 Å². The van der Waals surface area contributed by atoms with E-state index in [2.05, 4.69) is 24.0 Å². The van der Waals surface area contributed by atoms with E-state index in [1.54, 1.807) is 11.3 Å². The van der Waals surface area contributed by atoms with Crippen LogP contribution in [0.4, 0.5) is 0 Å². The van der Waals surface area contributed by atoms with Crippen LogP contribution in [0.3, 0.4) is 0 Å². The van der Waals surface area contributed by atoms with Gasteiger partial charge in [-0.25, -0.2) is 4.79 Å². The Morgan fingerprint density at radius 2 is 2.21 bits per heavy atom. The molecule has 0 fully saturated rings. The third-order valence-electron chi connectivity index (χ3n) is 3.02. The van der Waals surface area contributed by atoms with Crippen molar-refractivity contribution < 1.29 is 4.42 Å². The summed E-state index contributed by atoms with van der Waals surface area (Å²) in [6.45, 7) is 2.12. The van der Waals surface area contributed by atoms with Gasteiger partial charge in [-0.2, -0.15) is 0 Å². The van der Waals surface area contributed by atoms with Crippen LogP contribution >= 0.6 is 22.9 Å². The molecule has 1 atom stereocenters. The van der Waals surface area contributed by atoms with E-state index in [1.165, 1.54) is 4.88 Å². The van der Waals surface area contributed by atoms with Crippen LogP contribution < -0.4 is 5.76 Å². The number of hydrogen-bond donors (Lipinski definition) is 1. The molecule has 0 aliphatic rings. The van der Waals surface area contributed by atoms with Gasteiger partial charge in [-0.15, -0.1) is 22.9 Å². The Hall–Kier alpha value is -1.52. The maximum Gasteiger partial charge on any atom is 0.417 e. The van der Waals surface area contributed by atoms with Crippen LogP contribution in [-0.2, 0) is 6.42 Å². The van der Waals surface area contributed by atoms with Gasteiger partial charge in [-0.3, -0.25) is 4.98 Å². The normalized spacial score (nSPS) is 12.9. The van der Waals surface area contributed by atoms with Crippen molar-refractivity contribution in [3.05, 3.63) is 56.2 Å². The van der Waals surface area contributed by atoms with Crippen molar-refractivity contribution in [1.29, 1.82) is 0 Å². The Bertz CT molecular complexity index is 771. The van der Waals surface area contributed by atoms with Gasteiger partial charge in [0.05, 0.1) is 10.9 Å². The summed E-state index contributed by atoms with van der Waals surface area (Å²) in [5, 5.41) is -0.213. The quantitative estimate of drug-likeness (QED) is 0.740. The maximum absolute atomic E-state index is 11.1. The number of oxazole rings is 1. The standard InChI is InChI=1S/C14H12ClNO2S/c1-2-9-4-6-12(19-9)13(15)8-3-5-10-11(7-8)18-14(17)16-10/h3-7,13H,2H2,1H3,(H,16,17). The van der Waals surface area contributed by atoms with Crippen LogP contribution in [0.2, 0.25) is 0 Å². The van der Waals surface area contributed by atoms with Crippen molar-refractivity contribution in [2.45, 2.75) is 18.7 Å². The zero-order valence-electron chi connectivity index (χ0n) is 10.3. The number of benzene rings is 1. The molecule has 3 rings (SSSR count). The fraction of sp³-hybridized carbons (Fsp3) is 0.214. The number of rotatable bonds is 3. The molecule has 5 heteroatoms. The zero-order valence-corrected chi connectivity index (χ0v) is 11.8. The summed E-state index contributed by atoms with van der Waals surface area (Å²) >= 11 is 8.20. The van der Waals surface area contributed by atoms with E-state index in [9.17, 15) is 4.79 Å². The smallest absolute Gasteiger partial charge is 0.408 e. The first-order chi connectivity index (χ1) is 9.17. The highest BCUT2D eigenvalue weighted by atomic mass is 35.5. The van der Waals surface area contributed by atoms with Gasteiger partial charge in [0.2, 0.25) is 0 Å². The summed E-state index contributed by atoms with van der Waals surface area (Å²) in [6, 6.07) is 9.70. The van der Waals surface area contributed by atoms with Crippen LogP contribution in [0.15, 0.2) is 39.5 Å². The van der Waals surface area contributed by atoms with Crippen molar-refractivity contribution >= 4 is 34.0 Å². The first-order valence-corrected chi connectivity index (χ1v) is 7.28. The van der Waals surface area contributed by atoms with Gasteiger partial charge >= 0.3 is 5.76 Å². The first kappa shape index (κ1) is 12.5. The number of aromatic nitrogens is 1. The summed E-state index contributed by atoms with van der Waals surface area (Å²) in [6.07, 6.45) is 1.01. The summed E-state index contributed by atoms with van der Waals surface area (Å²) in [7, 11) is 0. The van der Waals surface area contributed by atoms with Gasteiger partial charge in [0.15, 0.2) is 5.58 Å². The molecule has 0 aliphatic heterocycles. The number of nitrogens with one attached hydrogen (secondary N) is 1. The molecule has 0 spiro atoms. The highest BCUT2D eigenvalue weighted by molar-refractivity contribution is 7.12. The molecular weight excluding hydrogens is 282 g/mol. The van der Waals surface area contributed by atoms with Gasteiger partial charge in [0.25, 0.3) is 0 Å². The average molecular weight is 294 g/mol. The van der Waals surface area contributed by atoms with Crippen LogP contribution in [0, 0.1) is 0 Å². The number of thiophene rings is 1. The van der Waals surface area contributed by atoms with Crippen molar-refractivity contribution in [2.75, 3.05) is 0 Å². The molecular formula is C14H12ClNO2S. The largest absolute Gasteiger partial charge is 0.417 e. The van der Waals surface area contributed by atoms with E-state index >= 15 is 0 Å². The minimum Gasteiger partial charge on any atom is -0.408 e. The summed E-state index contributed by atoms with van der Waals surface area (Å²) in [5.74, 6) is -0.442. The molecule has 98 valence electrons. The SMILES string of the molecule is CCc1ccc(C(Cl)c2ccc3[nH]c(=O)oc3c2)s1. The average Bonchev–Trinajstić information content (AvgIpc) is 3.01. The lowest BCUT2D eigenvalue weighted by molar-refractivity contribution is 0.555. The lowest BCUT2D eigenvalue weighted by atomic mass is 10.1. The van der Waals surface area contributed by atoms with Gasteiger partial charge in [-0.05, 0) is 36.2 Å². The van der Waals surface area contributed by atoms with Crippen LogP contribution in [0.1, 0.15) is 27.6 Å². The Morgan fingerprint density at radius 1 is 1.37 bits per heavy atom. The van der Waals surface area contributed by atoms with E-state index in [4.69, 9.17) is 16.0 Å². The molecule has 2 aromatic heterocycles. The van der Waals surface area contributed by atoms with E-state index < -0.39 is 5.76 Å². The number of halogens is 1. The lowest BCUT2D eigenvalue weighted by Gasteiger charge is -2.07. The summed E-state index contributed by atoms with van der Waals surface area (Å²) in [4.78, 5) is 16.2. The number of fused-ring (bicyclic) bond motifs is 1. The number of alkyl halides is 1. The second-order valence-corrected chi connectivity index (χ2v) is 5.93. The van der Waals surface area contributed by atoms with Crippen LogP contribution in [-0.4, -0.2) is 4.98 Å². The lowest BCUT2D eigenvalue weighted by Crippen LogP contribution is -1.92. The fourth-order valence-corrected chi connectivity index (χ4v) is 3.31. The van der Waals surface area contributed by atoms with Gasteiger partial charge in [0.1, 0.15) is 0 Å². The van der Waals surface area contributed by atoms with Crippen molar-refractivity contribution in [3.63, 3.8) is 0 Å². The molecule has 3 nitrogen and oxygen atoms in total. The number of hydrogen-bond acceptors (Lipinski definition) is 3. The van der Waals surface area contributed by atoms with Gasteiger partial charge in [0, 0.05) is 9.75 Å². The Balaban J connectivity index is 2.00. The molecule has 3 aromatic rings. The van der Waals surface area contributed by atoms with Crippen LogP contribution in [0.5, 0.6) is 0 Å². The van der Waals surface area contributed by atoms with Crippen molar-refractivity contribution in [3.8, 4) is 0 Å². The highest BCUT2D eigenvalue weighted by Crippen LogP contribution is 2.34. The molecule has 0 saturated carbocycles. The Morgan fingerprint density at radius 3 is 2.95 bits per heavy atom.